The average Bonchev–Trinajstić information content (AvgIpc) is 2.82. The van der Waals surface area contributed by atoms with Gasteiger partial charge in [-0.15, -0.1) is 0 Å². The van der Waals surface area contributed by atoms with E-state index in [1.807, 2.05) is 55.5 Å². The molecule has 3 aromatic carbocycles. The van der Waals surface area contributed by atoms with Crippen molar-refractivity contribution in [3.63, 3.8) is 0 Å². The lowest BCUT2D eigenvalue weighted by atomic mass is 10.1. The summed E-state index contributed by atoms with van der Waals surface area (Å²) in [6.45, 7) is 2.72. The molecule has 0 aliphatic heterocycles. The SMILES string of the molecule is C/C(=C/C(N)=NC(=O)c1ccc(C#N)cc1)NCc1cc(Cl)ccc1OCc1ccccc1. The number of carbonyl (C=O) groups excluding carboxylic acids is 1. The Bertz CT molecular complexity index is 1210. The quantitative estimate of drug-likeness (QED) is 0.366. The van der Waals surface area contributed by atoms with Gasteiger partial charge in [-0.2, -0.15) is 10.3 Å². The molecule has 0 aliphatic rings. The zero-order valence-electron chi connectivity index (χ0n) is 18.1. The molecule has 0 radical (unpaired) electrons. The minimum absolute atomic E-state index is 0.0704. The first-order valence-electron chi connectivity index (χ1n) is 10.2. The van der Waals surface area contributed by atoms with Crippen molar-refractivity contribution in [3.05, 3.63) is 112 Å². The van der Waals surface area contributed by atoms with Crippen LogP contribution in [-0.4, -0.2) is 11.7 Å². The second kappa shape index (κ2) is 11.5. The number of benzene rings is 3. The third-order valence-corrected chi connectivity index (χ3v) is 4.91. The minimum Gasteiger partial charge on any atom is -0.489 e. The van der Waals surface area contributed by atoms with E-state index in [0.29, 0.717) is 29.3 Å². The summed E-state index contributed by atoms with van der Waals surface area (Å²) in [7, 11) is 0. The minimum atomic E-state index is -0.479. The van der Waals surface area contributed by atoms with E-state index < -0.39 is 5.91 Å². The fraction of sp³-hybridized carbons (Fsp3) is 0.115. The van der Waals surface area contributed by atoms with Crippen LogP contribution < -0.4 is 15.8 Å². The van der Waals surface area contributed by atoms with Gasteiger partial charge in [0.1, 0.15) is 18.2 Å². The van der Waals surface area contributed by atoms with E-state index in [4.69, 9.17) is 27.3 Å². The van der Waals surface area contributed by atoms with Crippen molar-refractivity contribution >= 4 is 23.3 Å². The molecular weight excluding hydrogens is 436 g/mol. The van der Waals surface area contributed by atoms with Crippen LogP contribution in [-0.2, 0) is 13.2 Å². The number of hydrogen-bond donors (Lipinski definition) is 2. The van der Waals surface area contributed by atoms with E-state index >= 15 is 0 Å². The number of rotatable bonds is 8. The van der Waals surface area contributed by atoms with Crippen LogP contribution in [0.15, 0.2) is 89.6 Å². The molecule has 7 heteroatoms. The van der Waals surface area contributed by atoms with Crippen LogP contribution in [0.4, 0.5) is 0 Å². The molecule has 3 aromatic rings. The van der Waals surface area contributed by atoms with Gasteiger partial charge >= 0.3 is 0 Å². The fourth-order valence-electron chi connectivity index (χ4n) is 2.97. The Balaban J connectivity index is 1.63. The number of aliphatic imine (C=N–C) groups is 1. The highest BCUT2D eigenvalue weighted by Crippen LogP contribution is 2.24. The van der Waals surface area contributed by atoms with Gasteiger partial charge in [0.2, 0.25) is 0 Å². The average molecular weight is 459 g/mol. The molecule has 0 aliphatic carbocycles. The molecule has 3 N–H and O–H groups in total. The highest BCUT2D eigenvalue weighted by molar-refractivity contribution is 6.30. The van der Waals surface area contributed by atoms with Crippen molar-refractivity contribution in [2.75, 3.05) is 0 Å². The molecule has 0 saturated heterocycles. The Hall–Kier alpha value is -4.08. The van der Waals surface area contributed by atoms with E-state index in [1.165, 1.54) is 0 Å². The van der Waals surface area contributed by atoms with E-state index in [1.54, 1.807) is 36.4 Å². The number of ether oxygens (including phenoxy) is 1. The summed E-state index contributed by atoms with van der Waals surface area (Å²) >= 11 is 6.18. The van der Waals surface area contributed by atoms with Gasteiger partial charge in [0.15, 0.2) is 0 Å². The van der Waals surface area contributed by atoms with Gasteiger partial charge in [0, 0.05) is 28.4 Å². The Morgan fingerprint density at radius 1 is 1.15 bits per heavy atom. The number of nitrogens with two attached hydrogens (primary N) is 1. The monoisotopic (exact) mass is 458 g/mol. The van der Waals surface area contributed by atoms with Crippen LogP contribution in [0.1, 0.15) is 34.0 Å². The predicted octanol–water partition coefficient (Wildman–Crippen LogP) is 4.98. The number of amides is 1. The molecule has 1 amide bonds. The lowest BCUT2D eigenvalue weighted by Crippen LogP contribution is -2.17. The maximum Gasteiger partial charge on any atom is 0.278 e. The van der Waals surface area contributed by atoms with Gasteiger partial charge in [-0.25, -0.2) is 0 Å². The molecule has 0 unspecified atom stereocenters. The summed E-state index contributed by atoms with van der Waals surface area (Å²) in [6.07, 6.45) is 1.58. The number of nitrogens with one attached hydrogen (secondary N) is 1. The fourth-order valence-corrected chi connectivity index (χ4v) is 3.17. The molecule has 0 aromatic heterocycles. The highest BCUT2D eigenvalue weighted by atomic mass is 35.5. The van der Waals surface area contributed by atoms with Crippen LogP contribution in [0.2, 0.25) is 5.02 Å². The number of amidine groups is 1. The molecule has 3 rings (SSSR count). The summed E-state index contributed by atoms with van der Waals surface area (Å²) in [6, 6.07) is 23.6. The number of carbonyl (C=O) groups is 1. The summed E-state index contributed by atoms with van der Waals surface area (Å²) in [5.74, 6) is 0.315. The summed E-state index contributed by atoms with van der Waals surface area (Å²) in [4.78, 5) is 16.2. The van der Waals surface area contributed by atoms with Crippen molar-refractivity contribution in [2.24, 2.45) is 10.7 Å². The van der Waals surface area contributed by atoms with Gasteiger partial charge in [-0.05, 0) is 61.0 Å². The molecule has 0 atom stereocenters. The van der Waals surface area contributed by atoms with Gasteiger partial charge in [0.05, 0.1) is 11.6 Å². The third kappa shape index (κ3) is 7.23. The standard InChI is InChI=1S/C26H23ClN4O2/c1-18(13-25(29)31-26(32)21-9-7-19(15-28)8-10-21)30-16-22-14-23(27)11-12-24(22)33-17-20-5-3-2-4-6-20/h2-14,30H,16-17H2,1H3,(H2,29,31,32)/b18-13-. The molecule has 166 valence electrons. The molecular formula is C26H23ClN4O2. The van der Waals surface area contributed by atoms with Crippen LogP contribution in [0.5, 0.6) is 5.75 Å². The number of halogens is 1. The number of hydrogen-bond acceptors (Lipinski definition) is 4. The number of nitriles is 1. The zero-order chi connectivity index (χ0) is 23.6. The highest BCUT2D eigenvalue weighted by Gasteiger charge is 2.07. The summed E-state index contributed by atoms with van der Waals surface area (Å²) < 4.78 is 5.98. The first-order valence-corrected chi connectivity index (χ1v) is 10.6. The second-order valence-corrected chi connectivity index (χ2v) is 7.67. The molecule has 0 bridgehead atoms. The number of nitrogens with zero attached hydrogens (tertiary/aromatic N) is 2. The maximum absolute atomic E-state index is 12.3. The third-order valence-electron chi connectivity index (χ3n) is 4.67. The van der Waals surface area contributed by atoms with Gasteiger partial charge < -0.3 is 15.8 Å². The van der Waals surface area contributed by atoms with Crippen molar-refractivity contribution < 1.29 is 9.53 Å². The normalized spacial score (nSPS) is 11.5. The summed E-state index contributed by atoms with van der Waals surface area (Å²) in [5.41, 5.74) is 9.42. The van der Waals surface area contributed by atoms with E-state index in [2.05, 4.69) is 10.3 Å². The molecule has 0 heterocycles. The summed E-state index contributed by atoms with van der Waals surface area (Å²) in [5, 5.41) is 12.7. The van der Waals surface area contributed by atoms with Crippen LogP contribution >= 0.6 is 11.6 Å². The van der Waals surface area contributed by atoms with Crippen LogP contribution in [0.3, 0.4) is 0 Å². The molecule has 33 heavy (non-hydrogen) atoms. The van der Waals surface area contributed by atoms with Gasteiger partial charge in [-0.1, -0.05) is 41.9 Å². The first kappa shape index (κ1) is 23.6. The first-order chi connectivity index (χ1) is 15.9. The van der Waals surface area contributed by atoms with Gasteiger partial charge in [0.25, 0.3) is 5.91 Å². The maximum atomic E-state index is 12.3. The topological polar surface area (TPSA) is 100 Å². The van der Waals surface area contributed by atoms with Crippen molar-refractivity contribution in [2.45, 2.75) is 20.1 Å². The van der Waals surface area contributed by atoms with E-state index in [0.717, 1.165) is 22.6 Å². The van der Waals surface area contributed by atoms with E-state index in [9.17, 15) is 4.79 Å². The molecule has 0 fully saturated rings. The van der Waals surface area contributed by atoms with Gasteiger partial charge in [-0.3, -0.25) is 4.79 Å². The Morgan fingerprint density at radius 2 is 1.88 bits per heavy atom. The van der Waals surface area contributed by atoms with Crippen molar-refractivity contribution in [3.8, 4) is 11.8 Å². The zero-order valence-corrected chi connectivity index (χ0v) is 18.8. The largest absolute Gasteiger partial charge is 0.489 e. The van der Waals surface area contributed by atoms with Crippen LogP contribution in [0.25, 0.3) is 0 Å². The Kier molecular flexibility index (Phi) is 8.23. The lowest BCUT2D eigenvalue weighted by molar-refractivity contribution is 0.100. The molecule has 0 saturated carbocycles. The molecule has 6 nitrogen and oxygen atoms in total. The smallest absolute Gasteiger partial charge is 0.278 e. The van der Waals surface area contributed by atoms with Crippen molar-refractivity contribution in [1.29, 1.82) is 5.26 Å². The Morgan fingerprint density at radius 3 is 2.58 bits per heavy atom. The van der Waals surface area contributed by atoms with E-state index in [-0.39, 0.29) is 5.84 Å². The molecule has 0 spiro atoms. The van der Waals surface area contributed by atoms with Crippen LogP contribution in [0, 0.1) is 11.3 Å². The number of allylic oxidation sites excluding steroid dienone is 1. The van der Waals surface area contributed by atoms with Crippen molar-refractivity contribution in [1.82, 2.24) is 5.32 Å². The predicted molar refractivity (Wildman–Crippen MR) is 130 cm³/mol. The lowest BCUT2D eigenvalue weighted by Gasteiger charge is -2.14. The second-order valence-electron chi connectivity index (χ2n) is 7.24. The Labute approximate surface area is 198 Å².